The predicted octanol–water partition coefficient (Wildman–Crippen LogP) is 1.08. The van der Waals surface area contributed by atoms with Crippen LogP contribution in [0.25, 0.3) is 0 Å². The number of ether oxygens (including phenoxy) is 5. The molecule has 132 valence electrons. The summed E-state index contributed by atoms with van der Waals surface area (Å²) in [6.45, 7) is 10.5. The number of esters is 1. The van der Waals surface area contributed by atoms with E-state index in [0.29, 0.717) is 52.9 Å². The molecule has 0 fully saturated rings. The zero-order chi connectivity index (χ0) is 16.7. The first kappa shape index (κ1) is 21.5. The Labute approximate surface area is 134 Å². The molecule has 0 aliphatic heterocycles. The summed E-state index contributed by atoms with van der Waals surface area (Å²) in [7, 11) is -0.108. The van der Waals surface area contributed by atoms with Crippen molar-refractivity contribution >= 4 is 14.3 Å². The van der Waals surface area contributed by atoms with Crippen molar-refractivity contribution in [2.24, 2.45) is 0 Å². The Hall–Kier alpha value is -0.513. The highest BCUT2D eigenvalue weighted by molar-refractivity contribution is 6.69. The molecule has 0 bridgehead atoms. The van der Waals surface area contributed by atoms with Crippen LogP contribution >= 0.6 is 0 Å². The van der Waals surface area contributed by atoms with E-state index in [1.807, 2.05) is 0 Å². The number of hydrogen-bond acceptors (Lipinski definition) is 7. The van der Waals surface area contributed by atoms with Crippen LogP contribution in [0.2, 0.25) is 19.6 Å². The monoisotopic (exact) mass is 338 g/mol. The summed E-state index contributed by atoms with van der Waals surface area (Å²) in [5, 5.41) is 0. The molecule has 0 N–H and O–H groups in total. The van der Waals surface area contributed by atoms with Gasteiger partial charge in [0.25, 0.3) is 0 Å². The molecule has 0 aromatic heterocycles. The van der Waals surface area contributed by atoms with Gasteiger partial charge in [-0.05, 0) is 19.6 Å². The van der Waals surface area contributed by atoms with Crippen molar-refractivity contribution in [1.29, 1.82) is 0 Å². The van der Waals surface area contributed by atoms with Gasteiger partial charge in [-0.1, -0.05) is 0 Å². The molecule has 0 aliphatic rings. The molecule has 0 saturated carbocycles. The summed E-state index contributed by atoms with van der Waals surface area (Å²) in [5.74, 6) is -0.390. The predicted molar refractivity (Wildman–Crippen MR) is 84.6 cm³/mol. The van der Waals surface area contributed by atoms with Gasteiger partial charge in [0.2, 0.25) is 0 Å². The third-order valence-electron chi connectivity index (χ3n) is 2.33. The molecule has 22 heavy (non-hydrogen) atoms. The fraction of sp³-hybridized carbons (Fsp3) is 0.929. The topological polar surface area (TPSA) is 72.5 Å². The van der Waals surface area contributed by atoms with Crippen molar-refractivity contribution in [2.75, 3.05) is 66.6 Å². The Balaban J connectivity index is 3.07. The van der Waals surface area contributed by atoms with Gasteiger partial charge in [0.05, 0.1) is 60.0 Å². The largest absolute Gasteiger partial charge is 0.467 e. The highest BCUT2D eigenvalue weighted by atomic mass is 28.4. The van der Waals surface area contributed by atoms with Gasteiger partial charge in [0.15, 0.2) is 8.32 Å². The number of hydrogen-bond donors (Lipinski definition) is 0. The van der Waals surface area contributed by atoms with Crippen LogP contribution in [-0.2, 0) is 32.9 Å². The molecule has 0 atom stereocenters. The quantitative estimate of drug-likeness (QED) is 0.251. The van der Waals surface area contributed by atoms with Crippen molar-refractivity contribution in [2.45, 2.75) is 19.6 Å². The third kappa shape index (κ3) is 17.5. The Morgan fingerprint density at radius 3 is 1.55 bits per heavy atom. The minimum Gasteiger partial charge on any atom is -0.467 e. The van der Waals surface area contributed by atoms with Gasteiger partial charge in [-0.25, -0.2) is 4.79 Å². The Morgan fingerprint density at radius 2 is 1.14 bits per heavy atom. The van der Waals surface area contributed by atoms with Crippen LogP contribution in [0.15, 0.2) is 0 Å². The third-order valence-corrected chi connectivity index (χ3v) is 3.40. The molecule has 0 unspecified atom stereocenters. The maximum absolute atomic E-state index is 10.7. The second-order valence-corrected chi connectivity index (χ2v) is 9.94. The van der Waals surface area contributed by atoms with Crippen molar-refractivity contribution in [1.82, 2.24) is 0 Å². The first-order valence-corrected chi connectivity index (χ1v) is 10.9. The van der Waals surface area contributed by atoms with E-state index in [0.717, 1.165) is 0 Å². The average Bonchev–Trinajstić information content (AvgIpc) is 2.46. The average molecular weight is 338 g/mol. The van der Waals surface area contributed by atoms with Gasteiger partial charge in [0.1, 0.15) is 6.61 Å². The second-order valence-electron chi connectivity index (χ2n) is 5.43. The van der Waals surface area contributed by atoms with Gasteiger partial charge < -0.3 is 28.1 Å². The Morgan fingerprint density at radius 1 is 0.727 bits per heavy atom. The SMILES string of the molecule is COC(=O)COCCOCCOCCOCCO[Si](C)(C)C. The first-order chi connectivity index (χ1) is 10.5. The van der Waals surface area contributed by atoms with Gasteiger partial charge >= 0.3 is 5.97 Å². The molecule has 0 radical (unpaired) electrons. The van der Waals surface area contributed by atoms with Crippen molar-refractivity contribution in [3.8, 4) is 0 Å². The van der Waals surface area contributed by atoms with E-state index in [2.05, 4.69) is 24.4 Å². The van der Waals surface area contributed by atoms with Crippen LogP contribution in [0.3, 0.4) is 0 Å². The van der Waals surface area contributed by atoms with Gasteiger partial charge in [0, 0.05) is 0 Å². The molecule has 0 spiro atoms. The molecule has 0 heterocycles. The summed E-state index contributed by atoms with van der Waals surface area (Å²) in [6, 6.07) is 0. The highest BCUT2D eigenvalue weighted by Crippen LogP contribution is 2.01. The molecule has 0 aromatic rings. The van der Waals surface area contributed by atoms with E-state index in [1.165, 1.54) is 7.11 Å². The fourth-order valence-electron chi connectivity index (χ4n) is 1.28. The molecule has 7 nitrogen and oxygen atoms in total. The van der Waals surface area contributed by atoms with Crippen LogP contribution in [-0.4, -0.2) is 80.9 Å². The van der Waals surface area contributed by atoms with E-state index < -0.39 is 14.3 Å². The lowest BCUT2D eigenvalue weighted by Crippen LogP contribution is -2.27. The number of methoxy groups -OCH3 is 1. The van der Waals surface area contributed by atoms with Gasteiger partial charge in [-0.2, -0.15) is 0 Å². The molecule has 0 aromatic carbocycles. The number of carbonyl (C=O) groups is 1. The van der Waals surface area contributed by atoms with Crippen molar-refractivity contribution in [3.63, 3.8) is 0 Å². The summed E-state index contributed by atoms with van der Waals surface area (Å²) >= 11 is 0. The smallest absolute Gasteiger partial charge is 0.331 e. The van der Waals surface area contributed by atoms with Crippen molar-refractivity contribution < 1.29 is 32.9 Å². The van der Waals surface area contributed by atoms with Gasteiger partial charge in [-0.3, -0.25) is 0 Å². The highest BCUT2D eigenvalue weighted by Gasteiger charge is 2.12. The standard InChI is InChI=1S/C14H30O7Si/c1-16-14(15)13-20-10-9-18-6-5-17-7-8-19-11-12-21-22(2,3)4/h5-13H2,1-4H3. The van der Waals surface area contributed by atoms with E-state index in [-0.39, 0.29) is 6.61 Å². The first-order valence-electron chi connectivity index (χ1n) is 7.47. The maximum Gasteiger partial charge on any atom is 0.331 e. The zero-order valence-corrected chi connectivity index (χ0v) is 15.2. The Bertz CT molecular complexity index is 268. The summed E-state index contributed by atoms with van der Waals surface area (Å²) < 4.78 is 31.1. The lowest BCUT2D eigenvalue weighted by Gasteiger charge is -2.16. The lowest BCUT2D eigenvalue weighted by atomic mass is 10.7. The van der Waals surface area contributed by atoms with Crippen LogP contribution in [0.5, 0.6) is 0 Å². The van der Waals surface area contributed by atoms with Crippen LogP contribution in [0.1, 0.15) is 0 Å². The van der Waals surface area contributed by atoms with Crippen LogP contribution < -0.4 is 0 Å². The molecule has 0 amide bonds. The summed E-state index contributed by atoms with van der Waals surface area (Å²) in [5.41, 5.74) is 0. The molecular weight excluding hydrogens is 308 g/mol. The molecule has 0 saturated heterocycles. The van der Waals surface area contributed by atoms with E-state index >= 15 is 0 Å². The van der Waals surface area contributed by atoms with Crippen LogP contribution in [0, 0.1) is 0 Å². The minimum absolute atomic E-state index is 0.0465. The van der Waals surface area contributed by atoms with Crippen LogP contribution in [0.4, 0.5) is 0 Å². The number of carbonyl (C=O) groups excluding carboxylic acids is 1. The van der Waals surface area contributed by atoms with E-state index in [1.54, 1.807) is 0 Å². The maximum atomic E-state index is 10.7. The van der Waals surface area contributed by atoms with Crippen molar-refractivity contribution in [3.05, 3.63) is 0 Å². The van der Waals surface area contributed by atoms with E-state index in [4.69, 9.17) is 23.4 Å². The Kier molecular flexibility index (Phi) is 13.8. The second kappa shape index (κ2) is 14.1. The lowest BCUT2D eigenvalue weighted by molar-refractivity contribution is -0.146. The summed E-state index contributed by atoms with van der Waals surface area (Å²) in [6.07, 6.45) is 0. The fourth-order valence-corrected chi connectivity index (χ4v) is 1.98. The minimum atomic E-state index is -1.43. The van der Waals surface area contributed by atoms with E-state index in [9.17, 15) is 4.79 Å². The number of rotatable bonds is 15. The molecule has 0 rings (SSSR count). The normalized spacial score (nSPS) is 11.6. The molecular formula is C14H30O7Si. The zero-order valence-electron chi connectivity index (χ0n) is 14.2. The molecule has 8 heteroatoms. The molecule has 0 aliphatic carbocycles. The van der Waals surface area contributed by atoms with Gasteiger partial charge in [-0.15, -0.1) is 0 Å². The summed E-state index contributed by atoms with van der Waals surface area (Å²) in [4.78, 5) is 10.7.